The van der Waals surface area contributed by atoms with Crippen LogP contribution in [0.3, 0.4) is 0 Å². The van der Waals surface area contributed by atoms with Crippen molar-refractivity contribution in [1.29, 1.82) is 0 Å². The van der Waals surface area contributed by atoms with Crippen molar-refractivity contribution in [3.8, 4) is 28.3 Å². The van der Waals surface area contributed by atoms with Gasteiger partial charge >= 0.3 is 0 Å². The molecule has 0 aliphatic carbocycles. The average Bonchev–Trinajstić information content (AvgIpc) is 3.71. The van der Waals surface area contributed by atoms with Crippen LogP contribution in [-0.2, 0) is 10.8 Å². The predicted octanol–water partition coefficient (Wildman–Crippen LogP) is 10.9. The minimum atomic E-state index is -0.0503. The van der Waals surface area contributed by atoms with Crippen LogP contribution in [0.15, 0.2) is 122 Å². The molecule has 242 valence electrons. The van der Waals surface area contributed by atoms with Gasteiger partial charge in [-0.1, -0.05) is 96.1 Å². The molecule has 6 heteroatoms. The van der Waals surface area contributed by atoms with Crippen LogP contribution in [0.4, 0.5) is 22.9 Å². The number of benzene rings is 4. The second-order valence-electron chi connectivity index (χ2n) is 14.7. The summed E-state index contributed by atoms with van der Waals surface area (Å²) in [6, 6.07) is 35.5. The standard InChI is InChI=1S/C42H43N5O/c1-29-22-32(41(2,3)4)23-37(42(5,6)7)39(29)46-28-45(38-20-13-21-43-40(38)46)33-16-11-18-35(24-33)48-36-19-12-17-34(25-36)47-27-31(26-44-47)30-14-9-8-10-15-30/h8-27H,28H2,1-7H3. The summed E-state index contributed by atoms with van der Waals surface area (Å²) in [5.41, 5.74) is 10.4. The Bertz CT molecular complexity index is 2080. The smallest absolute Gasteiger partial charge is 0.158 e. The third-order valence-corrected chi connectivity index (χ3v) is 8.98. The van der Waals surface area contributed by atoms with Crippen LogP contribution in [-0.4, -0.2) is 21.4 Å². The topological polar surface area (TPSA) is 46.4 Å². The molecule has 0 bridgehead atoms. The van der Waals surface area contributed by atoms with Crippen molar-refractivity contribution in [3.05, 3.63) is 138 Å². The van der Waals surface area contributed by atoms with Gasteiger partial charge in [-0.05, 0) is 76.4 Å². The van der Waals surface area contributed by atoms with Gasteiger partial charge in [-0.25, -0.2) is 9.67 Å². The number of ether oxygens (including phenoxy) is 1. The fourth-order valence-electron chi connectivity index (χ4n) is 6.42. The quantitative estimate of drug-likeness (QED) is 0.183. The van der Waals surface area contributed by atoms with E-state index in [1.54, 1.807) is 0 Å². The molecule has 1 aliphatic rings. The summed E-state index contributed by atoms with van der Waals surface area (Å²) in [5.74, 6) is 2.47. The molecular weight excluding hydrogens is 590 g/mol. The van der Waals surface area contributed by atoms with Crippen LogP contribution in [0.5, 0.6) is 11.5 Å². The number of hydrogen-bond acceptors (Lipinski definition) is 5. The van der Waals surface area contributed by atoms with Crippen LogP contribution < -0.4 is 14.5 Å². The summed E-state index contributed by atoms with van der Waals surface area (Å²) in [5, 5.41) is 4.62. The molecule has 0 unspecified atom stereocenters. The maximum atomic E-state index is 6.46. The summed E-state index contributed by atoms with van der Waals surface area (Å²) >= 11 is 0. The van der Waals surface area contributed by atoms with Crippen molar-refractivity contribution < 1.29 is 4.74 Å². The predicted molar refractivity (Wildman–Crippen MR) is 197 cm³/mol. The van der Waals surface area contributed by atoms with Crippen molar-refractivity contribution >= 4 is 22.9 Å². The monoisotopic (exact) mass is 633 g/mol. The molecule has 2 aromatic heterocycles. The van der Waals surface area contributed by atoms with Gasteiger partial charge in [-0.15, -0.1) is 0 Å². The van der Waals surface area contributed by atoms with E-state index < -0.39 is 0 Å². The van der Waals surface area contributed by atoms with E-state index in [2.05, 4.69) is 112 Å². The van der Waals surface area contributed by atoms with E-state index in [-0.39, 0.29) is 10.8 Å². The largest absolute Gasteiger partial charge is 0.457 e. The zero-order chi connectivity index (χ0) is 33.6. The van der Waals surface area contributed by atoms with E-state index in [1.165, 1.54) is 22.4 Å². The molecule has 4 aromatic carbocycles. The third-order valence-electron chi connectivity index (χ3n) is 8.98. The van der Waals surface area contributed by atoms with Crippen LogP contribution in [0, 0.1) is 6.92 Å². The number of nitrogens with zero attached hydrogens (tertiary/aromatic N) is 5. The highest BCUT2D eigenvalue weighted by atomic mass is 16.5. The second kappa shape index (κ2) is 12.0. The lowest BCUT2D eigenvalue weighted by molar-refractivity contribution is 0.482. The van der Waals surface area contributed by atoms with E-state index in [1.807, 2.05) is 77.9 Å². The van der Waals surface area contributed by atoms with Crippen molar-refractivity contribution in [1.82, 2.24) is 14.8 Å². The molecule has 0 spiro atoms. The highest BCUT2D eigenvalue weighted by molar-refractivity contribution is 5.86. The molecule has 0 saturated heterocycles. The SMILES string of the molecule is Cc1cc(C(C)(C)C)cc(C(C)(C)C)c1N1CN(c2cccc(Oc3cccc(-n4cc(-c5ccccc5)cn4)c3)c2)c2cccnc21. The minimum Gasteiger partial charge on any atom is -0.457 e. The fraction of sp³-hybridized carbons (Fsp3) is 0.238. The normalized spacial score (nSPS) is 13.1. The van der Waals surface area contributed by atoms with Crippen LogP contribution in [0.2, 0.25) is 0 Å². The lowest BCUT2D eigenvalue weighted by Crippen LogP contribution is -2.28. The highest BCUT2D eigenvalue weighted by Gasteiger charge is 2.34. The Hall–Kier alpha value is -5.36. The molecule has 48 heavy (non-hydrogen) atoms. The maximum absolute atomic E-state index is 6.46. The van der Waals surface area contributed by atoms with Gasteiger partial charge in [0.15, 0.2) is 5.82 Å². The molecular formula is C42H43N5O. The number of aromatic nitrogens is 3. The first-order chi connectivity index (χ1) is 23.0. The number of fused-ring (bicyclic) bond motifs is 1. The zero-order valence-corrected chi connectivity index (χ0v) is 28.9. The van der Waals surface area contributed by atoms with Crippen LogP contribution >= 0.6 is 0 Å². The Morgan fingerprint density at radius 2 is 1.38 bits per heavy atom. The first-order valence-electron chi connectivity index (χ1n) is 16.6. The summed E-state index contributed by atoms with van der Waals surface area (Å²) < 4.78 is 8.35. The number of pyridine rings is 1. The summed E-state index contributed by atoms with van der Waals surface area (Å²) in [6.07, 6.45) is 5.83. The molecule has 3 heterocycles. The average molecular weight is 634 g/mol. The molecule has 0 N–H and O–H groups in total. The maximum Gasteiger partial charge on any atom is 0.158 e. The summed E-state index contributed by atoms with van der Waals surface area (Å²) in [6.45, 7) is 16.6. The number of aryl methyl sites for hydroxylation is 1. The third kappa shape index (κ3) is 6.06. The van der Waals surface area contributed by atoms with Gasteiger partial charge in [0.25, 0.3) is 0 Å². The fourth-order valence-corrected chi connectivity index (χ4v) is 6.42. The summed E-state index contributed by atoms with van der Waals surface area (Å²) in [4.78, 5) is 9.62. The van der Waals surface area contributed by atoms with Crippen molar-refractivity contribution in [2.24, 2.45) is 0 Å². The van der Waals surface area contributed by atoms with E-state index >= 15 is 0 Å². The van der Waals surface area contributed by atoms with Crippen molar-refractivity contribution in [3.63, 3.8) is 0 Å². The Morgan fingerprint density at radius 3 is 2.08 bits per heavy atom. The van der Waals surface area contributed by atoms with Crippen molar-refractivity contribution in [2.75, 3.05) is 16.5 Å². The Kier molecular flexibility index (Phi) is 7.83. The second-order valence-corrected chi connectivity index (χ2v) is 14.7. The molecule has 0 amide bonds. The van der Waals surface area contributed by atoms with E-state index in [9.17, 15) is 0 Å². The van der Waals surface area contributed by atoms with Gasteiger partial charge in [-0.3, -0.25) is 0 Å². The molecule has 6 nitrogen and oxygen atoms in total. The van der Waals surface area contributed by atoms with E-state index in [4.69, 9.17) is 9.72 Å². The van der Waals surface area contributed by atoms with Gasteiger partial charge in [0, 0.05) is 35.8 Å². The Morgan fingerprint density at radius 1 is 0.667 bits per heavy atom. The molecule has 0 fully saturated rings. The molecule has 6 aromatic rings. The van der Waals surface area contributed by atoms with Gasteiger partial charge in [0.2, 0.25) is 0 Å². The number of anilines is 4. The number of rotatable bonds is 6. The Labute approximate surface area is 284 Å². The minimum absolute atomic E-state index is 0.0503. The molecule has 1 aliphatic heterocycles. The van der Waals surface area contributed by atoms with Gasteiger partial charge in [0.1, 0.15) is 18.2 Å². The van der Waals surface area contributed by atoms with Crippen LogP contribution in [0.1, 0.15) is 58.2 Å². The molecule has 0 radical (unpaired) electrons. The van der Waals surface area contributed by atoms with Crippen LogP contribution in [0.25, 0.3) is 16.8 Å². The first kappa shape index (κ1) is 31.3. The van der Waals surface area contributed by atoms with Crippen molar-refractivity contribution in [2.45, 2.75) is 59.3 Å². The van der Waals surface area contributed by atoms with Gasteiger partial charge in [0.05, 0.1) is 23.3 Å². The summed E-state index contributed by atoms with van der Waals surface area (Å²) in [7, 11) is 0. The van der Waals surface area contributed by atoms with Gasteiger partial charge in [-0.2, -0.15) is 5.10 Å². The lowest BCUT2D eigenvalue weighted by atomic mass is 9.78. The van der Waals surface area contributed by atoms with E-state index in [0.29, 0.717) is 6.67 Å². The van der Waals surface area contributed by atoms with E-state index in [0.717, 1.165) is 45.5 Å². The Balaban J connectivity index is 1.19. The molecule has 0 saturated carbocycles. The lowest BCUT2D eigenvalue weighted by Gasteiger charge is -2.33. The highest BCUT2D eigenvalue weighted by Crippen LogP contribution is 2.48. The molecule has 7 rings (SSSR count). The number of hydrogen-bond donors (Lipinski definition) is 0. The first-order valence-corrected chi connectivity index (χ1v) is 16.6. The zero-order valence-electron chi connectivity index (χ0n) is 28.9. The van der Waals surface area contributed by atoms with Gasteiger partial charge < -0.3 is 14.5 Å². The molecule has 0 atom stereocenters.